The van der Waals surface area contributed by atoms with E-state index in [4.69, 9.17) is 4.84 Å². The van der Waals surface area contributed by atoms with Crippen molar-refractivity contribution in [2.45, 2.75) is 13.0 Å². The van der Waals surface area contributed by atoms with Crippen molar-refractivity contribution in [2.24, 2.45) is 0 Å². The van der Waals surface area contributed by atoms with E-state index in [9.17, 15) is 14.9 Å². The highest BCUT2D eigenvalue weighted by molar-refractivity contribution is 5.72. The van der Waals surface area contributed by atoms with Gasteiger partial charge in [-0.1, -0.05) is 0 Å². The molecule has 1 unspecified atom stereocenters. The molecule has 1 atom stereocenters. The number of nitrogens with zero attached hydrogens (tertiary/aromatic N) is 2. The second-order valence-corrected chi connectivity index (χ2v) is 4.06. The molecule has 0 aliphatic carbocycles. The summed E-state index contributed by atoms with van der Waals surface area (Å²) in [6.45, 7) is 1.82. The standard InChI is InChI=1S/C12H17N3O4/c1-9(16)14(3)8-12(19-13-2)10-4-6-11(7-5-10)15(17)18/h4-7,12-13H,8H2,1-3H3. The molecular formula is C12H17N3O4. The minimum absolute atomic E-state index is 0.0203. The van der Waals surface area contributed by atoms with E-state index in [-0.39, 0.29) is 17.7 Å². The van der Waals surface area contributed by atoms with Crippen LogP contribution in [0.5, 0.6) is 0 Å². The first-order chi connectivity index (χ1) is 8.95. The number of hydrogen-bond acceptors (Lipinski definition) is 5. The molecule has 1 rings (SSSR count). The topological polar surface area (TPSA) is 84.7 Å². The number of hydrogen-bond donors (Lipinski definition) is 1. The molecule has 1 N–H and O–H groups in total. The fourth-order valence-corrected chi connectivity index (χ4v) is 1.54. The number of hydroxylamine groups is 1. The lowest BCUT2D eigenvalue weighted by molar-refractivity contribution is -0.384. The molecule has 0 aromatic heterocycles. The van der Waals surface area contributed by atoms with Gasteiger partial charge in [-0.3, -0.25) is 19.7 Å². The first-order valence-electron chi connectivity index (χ1n) is 5.74. The van der Waals surface area contributed by atoms with E-state index < -0.39 is 4.92 Å². The molecule has 0 radical (unpaired) electrons. The van der Waals surface area contributed by atoms with Gasteiger partial charge in [0.15, 0.2) is 0 Å². The van der Waals surface area contributed by atoms with Gasteiger partial charge < -0.3 is 4.90 Å². The highest BCUT2D eigenvalue weighted by Crippen LogP contribution is 2.20. The zero-order valence-electron chi connectivity index (χ0n) is 11.1. The Morgan fingerprint density at radius 3 is 2.47 bits per heavy atom. The van der Waals surface area contributed by atoms with Gasteiger partial charge in [0.05, 0.1) is 11.5 Å². The minimum Gasteiger partial charge on any atom is -0.343 e. The van der Waals surface area contributed by atoms with Gasteiger partial charge in [0.25, 0.3) is 5.69 Å². The predicted molar refractivity (Wildman–Crippen MR) is 69.3 cm³/mol. The molecule has 0 saturated carbocycles. The van der Waals surface area contributed by atoms with Crippen LogP contribution in [0.3, 0.4) is 0 Å². The molecule has 0 aliphatic heterocycles. The Bertz CT molecular complexity index is 447. The number of non-ortho nitro benzene ring substituents is 1. The lowest BCUT2D eigenvalue weighted by Crippen LogP contribution is -2.31. The molecule has 0 bridgehead atoms. The van der Waals surface area contributed by atoms with Gasteiger partial charge in [-0.05, 0) is 17.7 Å². The second-order valence-electron chi connectivity index (χ2n) is 4.06. The number of benzene rings is 1. The first-order valence-corrected chi connectivity index (χ1v) is 5.74. The van der Waals surface area contributed by atoms with E-state index in [1.165, 1.54) is 24.0 Å². The summed E-state index contributed by atoms with van der Waals surface area (Å²) in [7, 11) is 3.28. The maximum Gasteiger partial charge on any atom is 0.269 e. The Morgan fingerprint density at radius 1 is 1.47 bits per heavy atom. The summed E-state index contributed by atoms with van der Waals surface area (Å²) in [5.74, 6) is -0.0772. The number of nitro groups is 1. The van der Waals surface area contributed by atoms with Gasteiger partial charge in [0.1, 0.15) is 6.10 Å². The van der Waals surface area contributed by atoms with Crippen molar-refractivity contribution < 1.29 is 14.6 Å². The summed E-state index contributed by atoms with van der Waals surface area (Å²) in [6.07, 6.45) is -0.389. The molecule has 0 saturated heterocycles. The molecule has 1 aromatic carbocycles. The van der Waals surface area contributed by atoms with Crippen molar-refractivity contribution in [1.29, 1.82) is 0 Å². The third kappa shape index (κ3) is 4.31. The Balaban J connectivity index is 2.86. The van der Waals surface area contributed by atoms with Gasteiger partial charge >= 0.3 is 0 Å². The summed E-state index contributed by atoms with van der Waals surface area (Å²) >= 11 is 0. The van der Waals surface area contributed by atoms with E-state index in [0.717, 1.165) is 5.56 Å². The number of rotatable bonds is 6. The van der Waals surface area contributed by atoms with Crippen LogP contribution in [0, 0.1) is 10.1 Å². The van der Waals surface area contributed by atoms with E-state index >= 15 is 0 Å². The Hall–Kier alpha value is -1.99. The average Bonchev–Trinajstić information content (AvgIpc) is 2.38. The van der Waals surface area contributed by atoms with Gasteiger partial charge in [0, 0.05) is 33.2 Å². The lowest BCUT2D eigenvalue weighted by Gasteiger charge is -2.23. The predicted octanol–water partition coefficient (Wildman–Crippen LogP) is 1.27. The molecular weight excluding hydrogens is 250 g/mol. The number of nitro benzene ring substituents is 1. The van der Waals surface area contributed by atoms with E-state index in [2.05, 4.69) is 5.48 Å². The van der Waals surface area contributed by atoms with Crippen LogP contribution in [0.1, 0.15) is 18.6 Å². The van der Waals surface area contributed by atoms with Gasteiger partial charge in [0.2, 0.25) is 5.91 Å². The first kappa shape index (κ1) is 15.1. The Labute approximate surface area is 111 Å². The van der Waals surface area contributed by atoms with Crippen molar-refractivity contribution in [3.63, 3.8) is 0 Å². The summed E-state index contributed by atoms with van der Waals surface area (Å²) in [5, 5.41) is 10.6. The monoisotopic (exact) mass is 267 g/mol. The molecule has 104 valence electrons. The molecule has 1 amide bonds. The van der Waals surface area contributed by atoms with E-state index in [1.54, 1.807) is 26.2 Å². The van der Waals surface area contributed by atoms with Crippen molar-refractivity contribution >= 4 is 11.6 Å². The molecule has 0 spiro atoms. The highest BCUT2D eigenvalue weighted by atomic mass is 16.7. The van der Waals surface area contributed by atoms with Crippen molar-refractivity contribution in [3.8, 4) is 0 Å². The summed E-state index contributed by atoms with van der Waals surface area (Å²) in [6, 6.07) is 6.06. The summed E-state index contributed by atoms with van der Waals surface area (Å²) in [5.41, 5.74) is 3.35. The second kappa shape index (κ2) is 6.81. The van der Waals surface area contributed by atoms with Gasteiger partial charge in [-0.2, -0.15) is 0 Å². The molecule has 7 nitrogen and oxygen atoms in total. The number of nitrogens with one attached hydrogen (secondary N) is 1. The molecule has 19 heavy (non-hydrogen) atoms. The van der Waals surface area contributed by atoms with Gasteiger partial charge in [-0.15, -0.1) is 0 Å². The van der Waals surface area contributed by atoms with Crippen molar-refractivity contribution in [1.82, 2.24) is 10.4 Å². The SMILES string of the molecule is CNOC(CN(C)C(C)=O)c1ccc([N+](=O)[O-])cc1. The van der Waals surface area contributed by atoms with Crippen LogP contribution < -0.4 is 5.48 Å². The third-order valence-electron chi connectivity index (χ3n) is 2.71. The van der Waals surface area contributed by atoms with Crippen LogP contribution in [0.15, 0.2) is 24.3 Å². The molecule has 0 aliphatic rings. The highest BCUT2D eigenvalue weighted by Gasteiger charge is 2.17. The van der Waals surface area contributed by atoms with Crippen LogP contribution in [-0.4, -0.2) is 36.4 Å². The largest absolute Gasteiger partial charge is 0.343 e. The summed E-state index contributed by atoms with van der Waals surface area (Å²) < 4.78 is 0. The zero-order chi connectivity index (χ0) is 14.4. The van der Waals surface area contributed by atoms with Crippen LogP contribution >= 0.6 is 0 Å². The number of amides is 1. The van der Waals surface area contributed by atoms with Crippen LogP contribution in [0.4, 0.5) is 5.69 Å². The molecule has 7 heteroatoms. The maximum atomic E-state index is 11.2. The van der Waals surface area contributed by atoms with Gasteiger partial charge in [-0.25, -0.2) is 5.48 Å². The third-order valence-corrected chi connectivity index (χ3v) is 2.71. The number of carbonyl (C=O) groups excluding carboxylic acids is 1. The fourth-order valence-electron chi connectivity index (χ4n) is 1.54. The Kier molecular flexibility index (Phi) is 5.40. The number of likely N-dealkylation sites (N-methyl/N-ethyl adjacent to an activating group) is 1. The smallest absolute Gasteiger partial charge is 0.269 e. The van der Waals surface area contributed by atoms with Crippen molar-refractivity contribution in [3.05, 3.63) is 39.9 Å². The Morgan fingerprint density at radius 2 is 2.05 bits per heavy atom. The molecule has 0 fully saturated rings. The zero-order valence-corrected chi connectivity index (χ0v) is 11.1. The molecule has 1 aromatic rings. The van der Waals surface area contributed by atoms with E-state index in [1.807, 2.05) is 0 Å². The maximum absolute atomic E-state index is 11.2. The van der Waals surface area contributed by atoms with Crippen LogP contribution in [-0.2, 0) is 9.63 Å². The lowest BCUT2D eigenvalue weighted by atomic mass is 10.1. The average molecular weight is 267 g/mol. The summed E-state index contributed by atoms with van der Waals surface area (Å²) in [4.78, 5) is 28.2. The normalized spacial score (nSPS) is 11.9. The molecule has 0 heterocycles. The quantitative estimate of drug-likeness (QED) is 0.619. The van der Waals surface area contributed by atoms with Crippen LogP contribution in [0.2, 0.25) is 0 Å². The van der Waals surface area contributed by atoms with Crippen LogP contribution in [0.25, 0.3) is 0 Å². The van der Waals surface area contributed by atoms with Crippen molar-refractivity contribution in [2.75, 3.05) is 20.6 Å². The van der Waals surface area contributed by atoms with E-state index in [0.29, 0.717) is 6.54 Å². The minimum atomic E-state index is -0.459. The number of carbonyl (C=O) groups is 1. The fraction of sp³-hybridized carbons (Fsp3) is 0.417.